The summed E-state index contributed by atoms with van der Waals surface area (Å²) in [6.07, 6.45) is 3.17. The van der Waals surface area contributed by atoms with Crippen LogP contribution in [-0.2, 0) is 0 Å². The SMILES string of the molecule is C=C[CH]CC(O)CO. The second-order valence-electron chi connectivity index (χ2n) is 1.54. The smallest absolute Gasteiger partial charge is 0.0776 e. The third-order valence-electron chi connectivity index (χ3n) is 0.786. The highest BCUT2D eigenvalue weighted by Crippen LogP contribution is 1.93. The van der Waals surface area contributed by atoms with Crippen molar-refractivity contribution >= 4 is 0 Å². The molecule has 0 spiro atoms. The lowest BCUT2D eigenvalue weighted by molar-refractivity contribution is 0.0955. The lowest BCUT2D eigenvalue weighted by Crippen LogP contribution is -2.10. The van der Waals surface area contributed by atoms with E-state index in [2.05, 4.69) is 6.58 Å². The third-order valence-corrected chi connectivity index (χ3v) is 0.786. The molecule has 1 atom stereocenters. The average molecular weight is 115 g/mol. The molecule has 0 aliphatic carbocycles. The van der Waals surface area contributed by atoms with Gasteiger partial charge in [0.25, 0.3) is 0 Å². The highest BCUT2D eigenvalue weighted by molar-refractivity contribution is 4.87. The van der Waals surface area contributed by atoms with Crippen molar-refractivity contribution in [3.05, 3.63) is 19.1 Å². The van der Waals surface area contributed by atoms with Gasteiger partial charge in [-0.2, -0.15) is 0 Å². The van der Waals surface area contributed by atoms with Gasteiger partial charge in [-0.3, -0.25) is 0 Å². The first-order valence-corrected chi connectivity index (χ1v) is 2.54. The summed E-state index contributed by atoms with van der Waals surface area (Å²) in [4.78, 5) is 0. The fourth-order valence-corrected chi connectivity index (χ4v) is 0.328. The van der Waals surface area contributed by atoms with Crippen LogP contribution in [-0.4, -0.2) is 22.9 Å². The van der Waals surface area contributed by atoms with Crippen molar-refractivity contribution in [2.45, 2.75) is 12.5 Å². The first kappa shape index (κ1) is 7.66. The summed E-state index contributed by atoms with van der Waals surface area (Å²) >= 11 is 0. The van der Waals surface area contributed by atoms with Crippen LogP contribution >= 0.6 is 0 Å². The molecule has 0 aromatic heterocycles. The maximum atomic E-state index is 8.66. The molecule has 0 aromatic carbocycles. The van der Waals surface area contributed by atoms with E-state index in [1.54, 1.807) is 12.5 Å². The monoisotopic (exact) mass is 115 g/mol. The van der Waals surface area contributed by atoms with Gasteiger partial charge in [-0.15, -0.1) is 6.58 Å². The molecule has 2 nitrogen and oxygen atoms in total. The summed E-state index contributed by atoms with van der Waals surface area (Å²) < 4.78 is 0. The molecule has 0 amide bonds. The van der Waals surface area contributed by atoms with Crippen LogP contribution in [0.25, 0.3) is 0 Å². The zero-order valence-electron chi connectivity index (χ0n) is 4.75. The standard InChI is InChI=1S/C6H11O2/c1-2-3-4-6(8)5-7/h2-3,6-8H,1,4-5H2. The van der Waals surface area contributed by atoms with Crippen molar-refractivity contribution in [2.75, 3.05) is 6.61 Å². The minimum Gasteiger partial charge on any atom is -0.394 e. The highest BCUT2D eigenvalue weighted by atomic mass is 16.3. The minimum absolute atomic E-state index is 0.176. The van der Waals surface area contributed by atoms with Gasteiger partial charge in [0.15, 0.2) is 0 Å². The lowest BCUT2D eigenvalue weighted by Gasteiger charge is -2.01. The van der Waals surface area contributed by atoms with Gasteiger partial charge in [-0.1, -0.05) is 6.08 Å². The maximum absolute atomic E-state index is 8.66. The molecule has 0 heterocycles. The summed E-state index contributed by atoms with van der Waals surface area (Å²) in [5.74, 6) is 0. The number of aliphatic hydroxyl groups is 2. The van der Waals surface area contributed by atoms with Crippen molar-refractivity contribution in [2.24, 2.45) is 0 Å². The Hall–Kier alpha value is -0.340. The van der Waals surface area contributed by atoms with E-state index in [0.717, 1.165) is 0 Å². The van der Waals surface area contributed by atoms with Crippen LogP contribution in [0.5, 0.6) is 0 Å². The van der Waals surface area contributed by atoms with E-state index in [1.165, 1.54) is 0 Å². The van der Waals surface area contributed by atoms with Crippen LogP contribution in [0, 0.1) is 6.42 Å². The summed E-state index contributed by atoms with van der Waals surface area (Å²) in [5.41, 5.74) is 0. The zero-order chi connectivity index (χ0) is 6.41. The average Bonchev–Trinajstić information content (AvgIpc) is 1.83. The minimum atomic E-state index is -0.618. The Bertz CT molecular complexity index is 61.5. The molecule has 1 radical (unpaired) electrons. The molecule has 0 bridgehead atoms. The lowest BCUT2D eigenvalue weighted by atomic mass is 10.2. The van der Waals surface area contributed by atoms with E-state index >= 15 is 0 Å². The molecule has 8 heavy (non-hydrogen) atoms. The van der Waals surface area contributed by atoms with Crippen molar-refractivity contribution in [1.82, 2.24) is 0 Å². The van der Waals surface area contributed by atoms with Crippen molar-refractivity contribution < 1.29 is 10.2 Å². The molecule has 2 heteroatoms. The summed E-state index contributed by atoms with van der Waals surface area (Å²) in [6.45, 7) is 3.24. The molecule has 0 saturated heterocycles. The van der Waals surface area contributed by atoms with Gasteiger partial charge in [0, 0.05) is 0 Å². The van der Waals surface area contributed by atoms with Crippen LogP contribution in [0.15, 0.2) is 12.7 Å². The predicted molar refractivity (Wildman–Crippen MR) is 32.2 cm³/mol. The molecular formula is C6H11O2. The van der Waals surface area contributed by atoms with Crippen LogP contribution in [0.3, 0.4) is 0 Å². The van der Waals surface area contributed by atoms with E-state index in [0.29, 0.717) is 6.42 Å². The van der Waals surface area contributed by atoms with Gasteiger partial charge in [-0.25, -0.2) is 0 Å². The Morgan fingerprint density at radius 2 is 2.25 bits per heavy atom. The van der Waals surface area contributed by atoms with Crippen LogP contribution in [0.2, 0.25) is 0 Å². The van der Waals surface area contributed by atoms with Gasteiger partial charge in [0.2, 0.25) is 0 Å². The second kappa shape index (κ2) is 4.81. The summed E-state index contributed by atoms with van der Waals surface area (Å²) in [6, 6.07) is 0. The van der Waals surface area contributed by atoms with Gasteiger partial charge in [-0.05, 0) is 12.8 Å². The number of allylic oxidation sites excluding steroid dienone is 1. The third kappa shape index (κ3) is 3.84. The van der Waals surface area contributed by atoms with E-state index in [1.807, 2.05) is 0 Å². The zero-order valence-corrected chi connectivity index (χ0v) is 4.75. The molecule has 1 unspecified atom stereocenters. The van der Waals surface area contributed by atoms with Crippen LogP contribution < -0.4 is 0 Å². The molecule has 47 valence electrons. The van der Waals surface area contributed by atoms with Gasteiger partial charge >= 0.3 is 0 Å². The van der Waals surface area contributed by atoms with E-state index in [-0.39, 0.29) is 6.61 Å². The summed E-state index contributed by atoms with van der Waals surface area (Å²) in [7, 11) is 0. The molecule has 0 rings (SSSR count). The van der Waals surface area contributed by atoms with E-state index < -0.39 is 6.10 Å². The van der Waals surface area contributed by atoms with Crippen LogP contribution in [0.4, 0.5) is 0 Å². The molecule has 2 N–H and O–H groups in total. The molecule has 0 aliphatic rings. The number of hydrogen-bond acceptors (Lipinski definition) is 2. The Labute approximate surface area is 49.5 Å². The Morgan fingerprint density at radius 1 is 1.62 bits per heavy atom. The Kier molecular flexibility index (Phi) is 4.61. The Morgan fingerprint density at radius 3 is 2.62 bits per heavy atom. The highest BCUT2D eigenvalue weighted by Gasteiger charge is 1.97. The van der Waals surface area contributed by atoms with E-state index in [4.69, 9.17) is 10.2 Å². The fraction of sp³-hybridized carbons (Fsp3) is 0.500. The number of aliphatic hydroxyl groups excluding tert-OH is 2. The van der Waals surface area contributed by atoms with Crippen molar-refractivity contribution in [3.63, 3.8) is 0 Å². The predicted octanol–water partition coefficient (Wildman–Crippen LogP) is 0.120. The van der Waals surface area contributed by atoms with Crippen molar-refractivity contribution in [3.8, 4) is 0 Å². The van der Waals surface area contributed by atoms with Gasteiger partial charge < -0.3 is 10.2 Å². The summed E-state index contributed by atoms with van der Waals surface area (Å²) in [5, 5.41) is 16.9. The second-order valence-corrected chi connectivity index (χ2v) is 1.54. The number of rotatable bonds is 4. The molecule has 0 fully saturated rings. The quantitative estimate of drug-likeness (QED) is 0.546. The van der Waals surface area contributed by atoms with Gasteiger partial charge in [0.1, 0.15) is 0 Å². The molecule has 0 aromatic rings. The van der Waals surface area contributed by atoms with Gasteiger partial charge in [0.05, 0.1) is 12.7 Å². The van der Waals surface area contributed by atoms with Crippen LogP contribution in [0.1, 0.15) is 6.42 Å². The van der Waals surface area contributed by atoms with Crippen molar-refractivity contribution in [1.29, 1.82) is 0 Å². The largest absolute Gasteiger partial charge is 0.394 e. The Balaban J connectivity index is 2.97. The fourth-order valence-electron chi connectivity index (χ4n) is 0.328. The normalized spacial score (nSPS) is 13.2. The maximum Gasteiger partial charge on any atom is 0.0776 e. The first-order chi connectivity index (χ1) is 3.81. The number of hydrogen-bond donors (Lipinski definition) is 2. The molecule has 0 aliphatic heterocycles. The van der Waals surface area contributed by atoms with E-state index in [9.17, 15) is 0 Å². The first-order valence-electron chi connectivity index (χ1n) is 2.54. The molecule has 0 saturated carbocycles. The topological polar surface area (TPSA) is 40.5 Å². The molecular weight excluding hydrogens is 104 g/mol.